The molecule has 0 spiro atoms. The van der Waals surface area contributed by atoms with E-state index in [0.29, 0.717) is 5.92 Å². The zero-order valence-corrected chi connectivity index (χ0v) is 18.9. The molecule has 1 aromatic heterocycles. The Morgan fingerprint density at radius 1 is 0.828 bits per heavy atom. The summed E-state index contributed by atoms with van der Waals surface area (Å²) in [4.78, 5) is 3.38. The van der Waals surface area contributed by atoms with E-state index in [1.54, 1.807) is 0 Å². The smallest absolute Gasteiger partial charge is 0.119 e. The predicted octanol–water partition coefficient (Wildman–Crippen LogP) is 8.37. The molecular weight excluding hydrogens is 422 g/mol. The summed E-state index contributed by atoms with van der Waals surface area (Å²) in [5, 5.41) is 2.61. The molecule has 0 bridgehead atoms. The lowest BCUT2D eigenvalue weighted by Crippen LogP contribution is -2.11. The van der Waals surface area contributed by atoms with Gasteiger partial charge in [0.05, 0.1) is 6.61 Å². The van der Waals surface area contributed by atoms with Crippen molar-refractivity contribution in [3.8, 4) is 5.75 Å². The average molecular weight is 452 g/mol. The minimum atomic E-state index is 0.698. The van der Waals surface area contributed by atoms with Crippen LogP contribution in [0.25, 0.3) is 21.8 Å². The van der Waals surface area contributed by atoms with E-state index in [2.05, 4.69) is 83.3 Å². The maximum Gasteiger partial charge on any atom is 0.119 e. The van der Waals surface area contributed by atoms with E-state index in [4.69, 9.17) is 4.74 Å². The summed E-state index contributed by atoms with van der Waals surface area (Å²) < 4.78 is 6.89. The van der Waals surface area contributed by atoms with Gasteiger partial charge < -0.3 is 9.72 Å². The van der Waals surface area contributed by atoms with Crippen LogP contribution in [0.3, 0.4) is 0 Å². The van der Waals surface area contributed by atoms with E-state index in [-0.39, 0.29) is 0 Å². The third kappa shape index (κ3) is 6.11. The molecule has 0 amide bonds. The number of nitrogens with one attached hydrogen (secondary N) is 1. The molecule has 1 atom stereocenters. The van der Waals surface area contributed by atoms with Gasteiger partial charge in [0.25, 0.3) is 0 Å². The van der Waals surface area contributed by atoms with Crippen molar-refractivity contribution in [3.05, 3.63) is 77.3 Å². The van der Waals surface area contributed by atoms with Crippen LogP contribution >= 0.6 is 15.9 Å². The van der Waals surface area contributed by atoms with Crippen LogP contribution in [0.1, 0.15) is 39.5 Å². The SMILES string of the molecule is CCCCC(CC)COc1ccc(Br)cc1.c1ccc2c(c1)[nH]c1ccccc12. The number of hydrogen-bond acceptors (Lipinski definition) is 1. The maximum absolute atomic E-state index is 5.79. The number of H-pyrrole nitrogens is 1. The normalized spacial score (nSPS) is 11.8. The lowest BCUT2D eigenvalue weighted by molar-refractivity contribution is 0.233. The number of hydrogen-bond donors (Lipinski definition) is 1. The minimum Gasteiger partial charge on any atom is -0.493 e. The Hall–Kier alpha value is -2.26. The highest BCUT2D eigenvalue weighted by Crippen LogP contribution is 2.24. The van der Waals surface area contributed by atoms with Crippen molar-refractivity contribution in [2.75, 3.05) is 6.61 Å². The van der Waals surface area contributed by atoms with E-state index >= 15 is 0 Å². The average Bonchev–Trinajstić information content (AvgIpc) is 3.14. The second kappa shape index (κ2) is 11.1. The molecule has 1 unspecified atom stereocenters. The van der Waals surface area contributed by atoms with Gasteiger partial charge in [0, 0.05) is 26.3 Å². The summed E-state index contributed by atoms with van der Waals surface area (Å²) in [7, 11) is 0. The number of ether oxygens (including phenoxy) is 1. The van der Waals surface area contributed by atoms with Crippen LogP contribution in [0, 0.1) is 5.92 Å². The molecule has 29 heavy (non-hydrogen) atoms. The second-order valence-electron chi connectivity index (χ2n) is 7.40. The van der Waals surface area contributed by atoms with Crippen molar-refractivity contribution in [2.45, 2.75) is 39.5 Å². The molecule has 2 nitrogen and oxygen atoms in total. The molecule has 1 heterocycles. The Morgan fingerprint density at radius 3 is 1.97 bits per heavy atom. The van der Waals surface area contributed by atoms with Gasteiger partial charge >= 0.3 is 0 Å². The third-order valence-electron chi connectivity index (χ3n) is 5.26. The number of halogens is 1. The van der Waals surface area contributed by atoms with Gasteiger partial charge in [0.1, 0.15) is 5.75 Å². The van der Waals surface area contributed by atoms with Gasteiger partial charge in [-0.25, -0.2) is 0 Å². The van der Waals surface area contributed by atoms with Crippen molar-refractivity contribution in [1.82, 2.24) is 4.98 Å². The van der Waals surface area contributed by atoms with Gasteiger partial charge in [-0.05, 0) is 48.7 Å². The van der Waals surface area contributed by atoms with Crippen LogP contribution in [0.4, 0.5) is 0 Å². The molecule has 3 heteroatoms. The van der Waals surface area contributed by atoms with Crippen molar-refractivity contribution in [3.63, 3.8) is 0 Å². The number of para-hydroxylation sites is 2. The molecule has 0 aliphatic heterocycles. The molecule has 0 saturated carbocycles. The van der Waals surface area contributed by atoms with Crippen LogP contribution < -0.4 is 4.74 Å². The molecule has 3 aromatic carbocycles. The Bertz CT molecular complexity index is 956. The van der Waals surface area contributed by atoms with Gasteiger partial charge in [-0.1, -0.05) is 85.4 Å². The fourth-order valence-electron chi connectivity index (χ4n) is 3.44. The number of rotatable bonds is 7. The summed E-state index contributed by atoms with van der Waals surface area (Å²) in [6.45, 7) is 5.33. The maximum atomic E-state index is 5.79. The zero-order chi connectivity index (χ0) is 20.5. The second-order valence-corrected chi connectivity index (χ2v) is 8.31. The Kier molecular flexibility index (Phi) is 8.18. The van der Waals surface area contributed by atoms with Crippen LogP contribution in [0.5, 0.6) is 5.75 Å². The summed E-state index contributed by atoms with van der Waals surface area (Å²) in [5.41, 5.74) is 2.42. The molecule has 0 aliphatic rings. The standard InChI is InChI=1S/C14H21BrO.C12H9N/c1-3-5-6-12(4-2)11-16-14-9-7-13(15)8-10-14;1-3-7-11-9(5-1)10-6-2-4-8-12(10)13-11/h7-10,12H,3-6,11H2,1-2H3;1-8,13H. The Labute approximate surface area is 182 Å². The fourth-order valence-corrected chi connectivity index (χ4v) is 3.71. The number of aromatic amines is 1. The molecule has 4 aromatic rings. The molecule has 152 valence electrons. The molecule has 0 aliphatic carbocycles. The van der Waals surface area contributed by atoms with Gasteiger partial charge in [-0.15, -0.1) is 0 Å². The monoisotopic (exact) mass is 451 g/mol. The number of benzene rings is 3. The molecule has 4 rings (SSSR count). The van der Waals surface area contributed by atoms with E-state index < -0.39 is 0 Å². The summed E-state index contributed by atoms with van der Waals surface area (Å²) in [6, 6.07) is 24.8. The van der Waals surface area contributed by atoms with Gasteiger partial charge in [0.2, 0.25) is 0 Å². The largest absolute Gasteiger partial charge is 0.493 e. The number of aromatic nitrogens is 1. The van der Waals surface area contributed by atoms with Crippen molar-refractivity contribution >= 4 is 37.7 Å². The first-order chi connectivity index (χ1) is 14.2. The lowest BCUT2D eigenvalue weighted by Gasteiger charge is -2.15. The van der Waals surface area contributed by atoms with E-state index in [9.17, 15) is 0 Å². The first kappa shape index (κ1) is 21.4. The predicted molar refractivity (Wildman–Crippen MR) is 129 cm³/mol. The molecule has 1 N–H and O–H groups in total. The minimum absolute atomic E-state index is 0.698. The van der Waals surface area contributed by atoms with Crippen molar-refractivity contribution in [2.24, 2.45) is 5.92 Å². The Morgan fingerprint density at radius 2 is 1.41 bits per heavy atom. The van der Waals surface area contributed by atoms with E-state index in [1.165, 1.54) is 47.5 Å². The van der Waals surface area contributed by atoms with Gasteiger partial charge in [0.15, 0.2) is 0 Å². The first-order valence-electron chi connectivity index (χ1n) is 10.5. The van der Waals surface area contributed by atoms with Gasteiger partial charge in [-0.3, -0.25) is 0 Å². The number of fused-ring (bicyclic) bond motifs is 3. The third-order valence-corrected chi connectivity index (χ3v) is 5.78. The number of unbranched alkanes of at least 4 members (excludes halogenated alkanes) is 1. The summed E-state index contributed by atoms with van der Waals surface area (Å²) in [6.07, 6.45) is 5.07. The first-order valence-corrected chi connectivity index (χ1v) is 11.3. The van der Waals surface area contributed by atoms with E-state index in [0.717, 1.165) is 16.8 Å². The highest BCUT2D eigenvalue weighted by molar-refractivity contribution is 9.10. The highest BCUT2D eigenvalue weighted by Gasteiger charge is 2.06. The quantitative estimate of drug-likeness (QED) is 0.299. The van der Waals surface area contributed by atoms with E-state index in [1.807, 2.05) is 24.3 Å². The topological polar surface area (TPSA) is 25.0 Å². The fraction of sp³-hybridized carbons (Fsp3) is 0.308. The summed E-state index contributed by atoms with van der Waals surface area (Å²) in [5.74, 6) is 1.67. The highest BCUT2D eigenvalue weighted by atomic mass is 79.9. The van der Waals surface area contributed by atoms with Crippen LogP contribution in [-0.2, 0) is 0 Å². The van der Waals surface area contributed by atoms with Crippen LogP contribution in [-0.4, -0.2) is 11.6 Å². The zero-order valence-electron chi connectivity index (χ0n) is 17.3. The molecule has 0 saturated heterocycles. The molecule has 0 fully saturated rings. The Balaban J connectivity index is 0.000000168. The van der Waals surface area contributed by atoms with Gasteiger partial charge in [-0.2, -0.15) is 0 Å². The van der Waals surface area contributed by atoms with Crippen molar-refractivity contribution in [1.29, 1.82) is 0 Å². The molecular formula is C26H30BrNO. The molecule has 0 radical (unpaired) electrons. The van der Waals surface area contributed by atoms with Crippen molar-refractivity contribution < 1.29 is 4.74 Å². The summed E-state index contributed by atoms with van der Waals surface area (Å²) >= 11 is 3.42. The lowest BCUT2D eigenvalue weighted by atomic mass is 10.0. The van der Waals surface area contributed by atoms with Crippen LogP contribution in [0.2, 0.25) is 0 Å². The van der Waals surface area contributed by atoms with Crippen LogP contribution in [0.15, 0.2) is 77.3 Å².